The van der Waals surface area contributed by atoms with E-state index in [1.807, 2.05) is 31.2 Å². The molecule has 2 aromatic heterocycles. The summed E-state index contributed by atoms with van der Waals surface area (Å²) < 4.78 is 1.60. The molecule has 0 radical (unpaired) electrons. The summed E-state index contributed by atoms with van der Waals surface area (Å²) in [4.78, 5) is 31.2. The van der Waals surface area contributed by atoms with Gasteiger partial charge >= 0.3 is 0 Å². The number of nitrogens with one attached hydrogen (secondary N) is 1. The van der Waals surface area contributed by atoms with Gasteiger partial charge in [0.15, 0.2) is 5.82 Å². The molecule has 142 valence electrons. The molecule has 1 aliphatic heterocycles. The van der Waals surface area contributed by atoms with Crippen LogP contribution < -0.4 is 5.32 Å². The summed E-state index contributed by atoms with van der Waals surface area (Å²) >= 11 is 0. The van der Waals surface area contributed by atoms with Crippen molar-refractivity contribution in [3.63, 3.8) is 0 Å². The lowest BCUT2D eigenvalue weighted by Crippen LogP contribution is -2.28. The molecule has 1 saturated heterocycles. The molecule has 1 atom stereocenters. The highest BCUT2D eigenvalue weighted by molar-refractivity contribution is 5.98. The van der Waals surface area contributed by atoms with Gasteiger partial charge in [0.2, 0.25) is 11.8 Å². The number of carbonyl (C=O) groups is 2. The molecular formula is C21H21N5O2. The number of amides is 2. The van der Waals surface area contributed by atoms with Crippen LogP contribution in [-0.2, 0) is 16.1 Å². The van der Waals surface area contributed by atoms with Crippen LogP contribution in [0.15, 0.2) is 61.1 Å². The van der Waals surface area contributed by atoms with E-state index in [9.17, 15) is 9.59 Å². The first-order valence-corrected chi connectivity index (χ1v) is 9.19. The third-order valence-electron chi connectivity index (χ3n) is 4.85. The van der Waals surface area contributed by atoms with E-state index in [1.165, 1.54) is 5.56 Å². The van der Waals surface area contributed by atoms with Gasteiger partial charge in [0.25, 0.3) is 0 Å². The number of carbonyl (C=O) groups excluding carboxylic acids is 2. The van der Waals surface area contributed by atoms with Crippen molar-refractivity contribution in [3.8, 4) is 5.82 Å². The van der Waals surface area contributed by atoms with Crippen molar-refractivity contribution in [1.82, 2.24) is 19.7 Å². The number of hydrogen-bond acceptors (Lipinski definition) is 4. The Balaban J connectivity index is 1.44. The van der Waals surface area contributed by atoms with Crippen molar-refractivity contribution in [3.05, 3.63) is 72.2 Å². The Morgan fingerprint density at radius 3 is 2.75 bits per heavy atom. The van der Waals surface area contributed by atoms with Crippen molar-refractivity contribution >= 4 is 17.5 Å². The summed E-state index contributed by atoms with van der Waals surface area (Å²) in [6, 6.07) is 13.4. The third-order valence-corrected chi connectivity index (χ3v) is 4.85. The van der Waals surface area contributed by atoms with E-state index in [-0.39, 0.29) is 24.2 Å². The Morgan fingerprint density at radius 2 is 2.00 bits per heavy atom. The van der Waals surface area contributed by atoms with E-state index in [4.69, 9.17) is 0 Å². The van der Waals surface area contributed by atoms with Crippen LogP contribution in [0.25, 0.3) is 5.82 Å². The van der Waals surface area contributed by atoms with Gasteiger partial charge in [-0.3, -0.25) is 9.59 Å². The Kier molecular flexibility index (Phi) is 4.89. The fraction of sp³-hybridized carbons (Fsp3) is 0.238. The van der Waals surface area contributed by atoms with Gasteiger partial charge in [-0.25, -0.2) is 9.67 Å². The van der Waals surface area contributed by atoms with Gasteiger partial charge in [0.1, 0.15) is 0 Å². The predicted octanol–water partition coefficient (Wildman–Crippen LogP) is 2.56. The number of pyridine rings is 1. The lowest BCUT2D eigenvalue weighted by molar-refractivity contribution is -0.128. The minimum atomic E-state index is -0.386. The molecule has 0 spiro atoms. The molecule has 3 aromatic rings. The Hall–Kier alpha value is -3.48. The third kappa shape index (κ3) is 3.78. The first-order chi connectivity index (χ1) is 13.6. The zero-order valence-electron chi connectivity index (χ0n) is 15.6. The second-order valence-electron chi connectivity index (χ2n) is 6.98. The van der Waals surface area contributed by atoms with Gasteiger partial charge in [0.05, 0.1) is 11.6 Å². The van der Waals surface area contributed by atoms with Crippen LogP contribution >= 0.6 is 0 Å². The highest BCUT2D eigenvalue weighted by Crippen LogP contribution is 2.23. The summed E-state index contributed by atoms with van der Waals surface area (Å²) in [6.07, 6.45) is 5.28. The number of aromatic nitrogens is 3. The monoisotopic (exact) mass is 375 g/mol. The molecule has 7 heteroatoms. The van der Waals surface area contributed by atoms with E-state index < -0.39 is 0 Å². The van der Waals surface area contributed by atoms with E-state index in [1.54, 1.807) is 46.4 Å². The minimum Gasteiger partial charge on any atom is -0.338 e. The van der Waals surface area contributed by atoms with E-state index in [2.05, 4.69) is 15.4 Å². The highest BCUT2D eigenvalue weighted by Gasteiger charge is 2.34. The topological polar surface area (TPSA) is 80.1 Å². The fourth-order valence-corrected chi connectivity index (χ4v) is 3.32. The minimum absolute atomic E-state index is 0.000730. The molecule has 7 nitrogen and oxygen atoms in total. The van der Waals surface area contributed by atoms with Crippen LogP contribution in [0.5, 0.6) is 0 Å². The van der Waals surface area contributed by atoms with E-state index in [0.29, 0.717) is 24.6 Å². The first kappa shape index (κ1) is 17.9. The Morgan fingerprint density at radius 1 is 1.18 bits per heavy atom. The lowest BCUT2D eigenvalue weighted by Gasteiger charge is -2.17. The molecule has 2 amide bonds. The van der Waals surface area contributed by atoms with Gasteiger partial charge in [-0.2, -0.15) is 5.10 Å². The zero-order chi connectivity index (χ0) is 19.5. The van der Waals surface area contributed by atoms with Gasteiger partial charge in [-0.05, 0) is 30.7 Å². The smallest absolute Gasteiger partial charge is 0.229 e. The zero-order valence-corrected chi connectivity index (χ0v) is 15.6. The van der Waals surface area contributed by atoms with Crippen molar-refractivity contribution < 1.29 is 9.59 Å². The summed E-state index contributed by atoms with van der Waals surface area (Å²) in [5.41, 5.74) is 2.81. The van der Waals surface area contributed by atoms with Crippen LogP contribution in [-0.4, -0.2) is 38.0 Å². The number of anilines is 1. The lowest BCUT2D eigenvalue weighted by atomic mass is 10.1. The number of hydrogen-bond donors (Lipinski definition) is 1. The standard InChI is InChI=1S/C21H21N5O2/c1-15-5-7-16(8-6-15)13-25-14-17(12-19(25)27)21(28)24-18-4-2-9-22-20(18)26-11-3-10-23-26/h2-11,17H,12-14H2,1H3,(H,24,28). The van der Waals surface area contributed by atoms with E-state index >= 15 is 0 Å². The molecule has 28 heavy (non-hydrogen) atoms. The SMILES string of the molecule is Cc1ccc(CN2CC(C(=O)Nc3cccnc3-n3cccn3)CC2=O)cc1. The maximum absolute atomic E-state index is 12.8. The maximum Gasteiger partial charge on any atom is 0.229 e. The van der Waals surface area contributed by atoms with Crippen molar-refractivity contribution in [1.29, 1.82) is 0 Å². The normalized spacial score (nSPS) is 16.4. The molecule has 1 unspecified atom stereocenters. The van der Waals surface area contributed by atoms with Gasteiger partial charge < -0.3 is 10.2 Å². The predicted molar refractivity (Wildman–Crippen MR) is 105 cm³/mol. The Labute approximate surface area is 163 Å². The number of rotatable bonds is 5. The van der Waals surface area contributed by atoms with Crippen molar-refractivity contribution in [2.45, 2.75) is 19.9 Å². The molecule has 4 rings (SSSR count). The van der Waals surface area contributed by atoms with Crippen molar-refractivity contribution in [2.24, 2.45) is 5.92 Å². The van der Waals surface area contributed by atoms with Crippen LogP contribution in [0.2, 0.25) is 0 Å². The maximum atomic E-state index is 12.8. The molecule has 0 aliphatic carbocycles. The summed E-state index contributed by atoms with van der Waals surface area (Å²) in [5, 5.41) is 7.08. The average Bonchev–Trinajstić information content (AvgIpc) is 3.35. The molecule has 1 aromatic carbocycles. The van der Waals surface area contributed by atoms with Crippen molar-refractivity contribution in [2.75, 3.05) is 11.9 Å². The van der Waals surface area contributed by atoms with Crippen LogP contribution in [0.1, 0.15) is 17.5 Å². The summed E-state index contributed by atoms with van der Waals surface area (Å²) in [6.45, 7) is 2.96. The number of aryl methyl sites for hydroxylation is 1. The molecule has 1 fully saturated rings. The molecule has 1 N–H and O–H groups in total. The quantitative estimate of drug-likeness (QED) is 0.743. The molecule has 1 aliphatic rings. The Bertz CT molecular complexity index is 982. The van der Waals surface area contributed by atoms with E-state index in [0.717, 1.165) is 5.56 Å². The number of benzene rings is 1. The van der Waals surface area contributed by atoms with Gasteiger partial charge in [-0.1, -0.05) is 29.8 Å². The largest absolute Gasteiger partial charge is 0.338 e. The highest BCUT2D eigenvalue weighted by atomic mass is 16.2. The second kappa shape index (κ2) is 7.64. The van der Waals surface area contributed by atoms with Crippen LogP contribution in [0, 0.1) is 12.8 Å². The molecule has 0 saturated carbocycles. The van der Waals surface area contributed by atoms with Crippen LogP contribution in [0.4, 0.5) is 5.69 Å². The number of nitrogens with zero attached hydrogens (tertiary/aromatic N) is 4. The molecular weight excluding hydrogens is 354 g/mol. The molecule has 3 heterocycles. The summed E-state index contributed by atoms with van der Waals surface area (Å²) in [7, 11) is 0. The van der Waals surface area contributed by atoms with Gasteiger partial charge in [-0.15, -0.1) is 0 Å². The van der Waals surface area contributed by atoms with Crippen LogP contribution in [0.3, 0.4) is 0 Å². The fourth-order valence-electron chi connectivity index (χ4n) is 3.32. The summed E-state index contributed by atoms with van der Waals surface area (Å²) in [5.74, 6) is -0.0225. The molecule has 0 bridgehead atoms. The second-order valence-corrected chi connectivity index (χ2v) is 6.98. The average molecular weight is 375 g/mol. The number of likely N-dealkylation sites (tertiary alicyclic amines) is 1. The van der Waals surface area contributed by atoms with Gasteiger partial charge in [0, 0.05) is 38.1 Å². The first-order valence-electron chi connectivity index (χ1n) is 9.19.